The predicted molar refractivity (Wildman–Crippen MR) is 107 cm³/mol. The Labute approximate surface area is 163 Å². The van der Waals surface area contributed by atoms with Gasteiger partial charge in [0.05, 0.1) is 13.2 Å². The molecular formula is C20H25BrN2O3. The van der Waals surface area contributed by atoms with Crippen molar-refractivity contribution in [3.8, 4) is 11.5 Å². The number of benzene rings is 2. The molecule has 0 bridgehead atoms. The van der Waals surface area contributed by atoms with Gasteiger partial charge in [-0.25, -0.2) is 0 Å². The van der Waals surface area contributed by atoms with E-state index in [-0.39, 0.29) is 11.9 Å². The molecule has 0 saturated carbocycles. The molecule has 0 aromatic heterocycles. The molecule has 26 heavy (non-hydrogen) atoms. The highest BCUT2D eigenvalue weighted by molar-refractivity contribution is 9.10. The number of hydrogen-bond donors (Lipinski definition) is 1. The van der Waals surface area contributed by atoms with E-state index in [2.05, 4.69) is 26.1 Å². The van der Waals surface area contributed by atoms with Crippen LogP contribution in [0.2, 0.25) is 0 Å². The van der Waals surface area contributed by atoms with Crippen molar-refractivity contribution in [2.45, 2.75) is 19.1 Å². The molecule has 1 N–H and O–H groups in total. The zero-order chi connectivity index (χ0) is 19.1. The number of carbonyl (C=O) groups excluding carboxylic acids is 1. The van der Waals surface area contributed by atoms with Crippen molar-refractivity contribution in [3.63, 3.8) is 0 Å². The lowest BCUT2D eigenvalue weighted by Gasteiger charge is -2.27. The second kappa shape index (κ2) is 9.59. The second-order valence-corrected chi connectivity index (χ2v) is 7.10. The van der Waals surface area contributed by atoms with Gasteiger partial charge < -0.3 is 19.7 Å². The van der Waals surface area contributed by atoms with Crippen molar-refractivity contribution < 1.29 is 14.3 Å². The molecule has 1 amide bonds. The van der Waals surface area contributed by atoms with E-state index >= 15 is 0 Å². The fraction of sp³-hybridized carbons (Fsp3) is 0.350. The number of amides is 1. The predicted octanol–water partition coefficient (Wildman–Crippen LogP) is 3.64. The Morgan fingerprint density at radius 2 is 1.81 bits per heavy atom. The first-order valence-corrected chi connectivity index (χ1v) is 9.21. The number of nitrogens with zero attached hydrogens (tertiary/aromatic N) is 1. The van der Waals surface area contributed by atoms with Crippen LogP contribution in [0, 0.1) is 0 Å². The standard InChI is InChI=1S/C20H25BrN2O3/c1-14(26-16-11-9-15(21)10-12-16)20(24)22-13-18(23(2)3)17-7-5-6-8-19(17)25-4/h5-12,14,18H,13H2,1-4H3,(H,22,24). The van der Waals surface area contributed by atoms with Crippen LogP contribution in [-0.2, 0) is 4.79 Å². The van der Waals surface area contributed by atoms with Crippen LogP contribution in [0.3, 0.4) is 0 Å². The van der Waals surface area contributed by atoms with Crippen molar-refractivity contribution in [3.05, 3.63) is 58.6 Å². The van der Waals surface area contributed by atoms with E-state index in [4.69, 9.17) is 9.47 Å². The molecule has 0 aliphatic heterocycles. The Kier molecular flexibility index (Phi) is 7.48. The van der Waals surface area contributed by atoms with Gasteiger partial charge in [0.2, 0.25) is 0 Å². The number of nitrogens with one attached hydrogen (secondary N) is 1. The summed E-state index contributed by atoms with van der Waals surface area (Å²) in [5.74, 6) is 1.30. The maximum atomic E-state index is 12.4. The summed E-state index contributed by atoms with van der Waals surface area (Å²) in [4.78, 5) is 14.5. The van der Waals surface area contributed by atoms with Gasteiger partial charge in [0, 0.05) is 16.6 Å². The Morgan fingerprint density at radius 3 is 2.42 bits per heavy atom. The van der Waals surface area contributed by atoms with Gasteiger partial charge in [-0.1, -0.05) is 34.1 Å². The van der Waals surface area contributed by atoms with E-state index in [0.717, 1.165) is 15.8 Å². The molecule has 0 radical (unpaired) electrons. The van der Waals surface area contributed by atoms with Crippen LogP contribution in [-0.4, -0.2) is 44.7 Å². The largest absolute Gasteiger partial charge is 0.496 e. The lowest BCUT2D eigenvalue weighted by Crippen LogP contribution is -2.41. The fourth-order valence-corrected chi connectivity index (χ4v) is 2.89. The Balaban J connectivity index is 1.99. The molecule has 0 spiro atoms. The minimum absolute atomic E-state index is 0.00465. The molecule has 0 fully saturated rings. The van der Waals surface area contributed by atoms with Gasteiger partial charge in [0.15, 0.2) is 6.10 Å². The second-order valence-electron chi connectivity index (χ2n) is 6.18. The van der Waals surface area contributed by atoms with Gasteiger partial charge in [0.1, 0.15) is 11.5 Å². The third-order valence-electron chi connectivity index (χ3n) is 4.09. The zero-order valence-corrected chi connectivity index (χ0v) is 17.1. The first-order valence-electron chi connectivity index (χ1n) is 8.41. The van der Waals surface area contributed by atoms with Crippen LogP contribution in [0.1, 0.15) is 18.5 Å². The van der Waals surface area contributed by atoms with Gasteiger partial charge in [0.25, 0.3) is 5.91 Å². The van der Waals surface area contributed by atoms with Crippen LogP contribution >= 0.6 is 15.9 Å². The number of carbonyl (C=O) groups is 1. The maximum Gasteiger partial charge on any atom is 0.260 e. The van der Waals surface area contributed by atoms with E-state index < -0.39 is 6.10 Å². The lowest BCUT2D eigenvalue weighted by molar-refractivity contribution is -0.127. The van der Waals surface area contributed by atoms with Gasteiger partial charge in [-0.05, 0) is 51.4 Å². The number of halogens is 1. The molecule has 2 aromatic carbocycles. The summed E-state index contributed by atoms with van der Waals surface area (Å²) < 4.78 is 12.1. The lowest BCUT2D eigenvalue weighted by atomic mass is 10.0. The Bertz CT molecular complexity index is 719. The van der Waals surface area contributed by atoms with Crippen molar-refractivity contribution in [1.29, 1.82) is 0 Å². The quantitative estimate of drug-likeness (QED) is 0.707. The third kappa shape index (κ3) is 5.47. The average molecular weight is 421 g/mol. The van der Waals surface area contributed by atoms with Gasteiger partial charge in [-0.15, -0.1) is 0 Å². The minimum atomic E-state index is -0.586. The molecule has 140 valence electrons. The number of methoxy groups -OCH3 is 1. The highest BCUT2D eigenvalue weighted by Crippen LogP contribution is 2.27. The number of likely N-dealkylation sites (N-methyl/N-ethyl adjacent to an activating group) is 1. The topological polar surface area (TPSA) is 50.8 Å². The summed E-state index contributed by atoms with van der Waals surface area (Å²) in [5, 5.41) is 2.97. The molecule has 0 aliphatic rings. The summed E-state index contributed by atoms with van der Waals surface area (Å²) in [5.41, 5.74) is 1.03. The third-order valence-corrected chi connectivity index (χ3v) is 4.62. The number of hydrogen-bond acceptors (Lipinski definition) is 4. The summed E-state index contributed by atoms with van der Waals surface area (Å²) in [6, 6.07) is 15.2. The van der Waals surface area contributed by atoms with Crippen LogP contribution in [0.4, 0.5) is 0 Å². The summed E-state index contributed by atoms with van der Waals surface area (Å²) >= 11 is 3.38. The van der Waals surface area contributed by atoms with E-state index in [9.17, 15) is 4.79 Å². The highest BCUT2D eigenvalue weighted by atomic mass is 79.9. The number of rotatable bonds is 8. The highest BCUT2D eigenvalue weighted by Gasteiger charge is 2.21. The smallest absolute Gasteiger partial charge is 0.260 e. The first-order chi connectivity index (χ1) is 12.4. The summed E-state index contributed by atoms with van der Waals surface area (Å²) in [6.45, 7) is 2.20. The van der Waals surface area contributed by atoms with Crippen LogP contribution in [0.25, 0.3) is 0 Å². The molecular weight excluding hydrogens is 396 g/mol. The molecule has 2 aromatic rings. The number of ether oxygens (including phenoxy) is 2. The van der Waals surface area contributed by atoms with E-state index in [1.54, 1.807) is 14.0 Å². The Morgan fingerprint density at radius 1 is 1.15 bits per heavy atom. The van der Waals surface area contributed by atoms with Crippen LogP contribution in [0.5, 0.6) is 11.5 Å². The van der Waals surface area contributed by atoms with Crippen molar-refractivity contribution in [2.75, 3.05) is 27.7 Å². The SMILES string of the molecule is COc1ccccc1C(CNC(=O)C(C)Oc1ccc(Br)cc1)N(C)C. The summed E-state index contributed by atoms with van der Waals surface area (Å²) in [6.07, 6.45) is -0.586. The molecule has 0 saturated heterocycles. The zero-order valence-electron chi connectivity index (χ0n) is 15.5. The molecule has 6 heteroatoms. The first kappa shape index (κ1) is 20.3. The van der Waals surface area contributed by atoms with Crippen molar-refractivity contribution in [2.24, 2.45) is 0 Å². The fourth-order valence-electron chi connectivity index (χ4n) is 2.62. The monoisotopic (exact) mass is 420 g/mol. The Hall–Kier alpha value is -2.05. The maximum absolute atomic E-state index is 12.4. The molecule has 2 rings (SSSR count). The molecule has 0 heterocycles. The van der Waals surface area contributed by atoms with E-state index in [0.29, 0.717) is 12.3 Å². The summed E-state index contributed by atoms with van der Waals surface area (Å²) in [7, 11) is 5.61. The van der Waals surface area contributed by atoms with Crippen molar-refractivity contribution >= 4 is 21.8 Å². The molecule has 2 unspecified atom stereocenters. The molecule has 2 atom stereocenters. The van der Waals surface area contributed by atoms with Crippen molar-refractivity contribution in [1.82, 2.24) is 10.2 Å². The molecule has 0 aliphatic carbocycles. The van der Waals surface area contributed by atoms with Gasteiger partial charge in [-0.2, -0.15) is 0 Å². The normalized spacial score (nSPS) is 13.2. The van der Waals surface area contributed by atoms with Crippen LogP contribution in [0.15, 0.2) is 53.0 Å². The van der Waals surface area contributed by atoms with Gasteiger partial charge >= 0.3 is 0 Å². The van der Waals surface area contributed by atoms with Gasteiger partial charge in [-0.3, -0.25) is 4.79 Å². The van der Waals surface area contributed by atoms with E-state index in [1.165, 1.54) is 0 Å². The van der Waals surface area contributed by atoms with E-state index in [1.807, 2.05) is 62.6 Å². The van der Waals surface area contributed by atoms with Crippen LogP contribution < -0.4 is 14.8 Å². The minimum Gasteiger partial charge on any atom is -0.496 e. The average Bonchev–Trinajstić information content (AvgIpc) is 2.63. The molecule has 5 nitrogen and oxygen atoms in total. The number of para-hydroxylation sites is 1.